The van der Waals surface area contributed by atoms with Crippen LogP contribution in [0.5, 0.6) is 5.75 Å². The Labute approximate surface area is 189 Å². The molecule has 0 bridgehead atoms. The number of rotatable bonds is 6. The van der Waals surface area contributed by atoms with E-state index in [4.69, 9.17) is 4.74 Å². The molecule has 2 aromatic carbocycles. The molecule has 4 rings (SSSR count). The van der Waals surface area contributed by atoms with Crippen molar-refractivity contribution in [3.05, 3.63) is 93.6 Å². The van der Waals surface area contributed by atoms with Crippen molar-refractivity contribution in [2.45, 2.75) is 39.7 Å². The fourth-order valence-corrected chi connectivity index (χ4v) is 4.10. The number of allylic oxidation sites excluding steroid dienone is 2. The summed E-state index contributed by atoms with van der Waals surface area (Å²) < 4.78 is 47.2. The second kappa shape index (κ2) is 9.10. The van der Waals surface area contributed by atoms with Gasteiger partial charge in [-0.1, -0.05) is 17.7 Å². The lowest BCUT2D eigenvalue weighted by atomic mass is 9.97. The molecular formula is C26H22F3NO3. The van der Waals surface area contributed by atoms with Gasteiger partial charge >= 0.3 is 5.97 Å². The van der Waals surface area contributed by atoms with E-state index in [2.05, 4.69) is 4.98 Å². The highest BCUT2D eigenvalue weighted by atomic mass is 19.1. The van der Waals surface area contributed by atoms with Crippen molar-refractivity contribution in [2.75, 3.05) is 0 Å². The molecular weight excluding hydrogens is 431 g/mol. The number of nitrogens with zero attached hydrogens (tertiary/aromatic N) is 1. The van der Waals surface area contributed by atoms with Crippen LogP contribution in [0.25, 0.3) is 11.1 Å². The second-order valence-electron chi connectivity index (χ2n) is 8.11. The van der Waals surface area contributed by atoms with Crippen LogP contribution in [0.2, 0.25) is 0 Å². The first-order valence-corrected chi connectivity index (χ1v) is 10.5. The molecule has 0 radical (unpaired) electrons. The molecule has 0 saturated carbocycles. The van der Waals surface area contributed by atoms with Gasteiger partial charge in [0, 0.05) is 17.7 Å². The van der Waals surface area contributed by atoms with Crippen molar-refractivity contribution in [1.29, 1.82) is 0 Å². The van der Waals surface area contributed by atoms with Gasteiger partial charge in [-0.15, -0.1) is 0 Å². The number of benzene rings is 2. The van der Waals surface area contributed by atoms with Crippen LogP contribution < -0.4 is 4.74 Å². The Morgan fingerprint density at radius 2 is 1.70 bits per heavy atom. The van der Waals surface area contributed by atoms with Crippen molar-refractivity contribution in [3.8, 4) is 5.75 Å². The third-order valence-electron chi connectivity index (χ3n) is 5.76. The van der Waals surface area contributed by atoms with E-state index >= 15 is 0 Å². The molecule has 1 aromatic heterocycles. The number of pyridine rings is 1. The largest absolute Gasteiger partial charge is 0.488 e. The van der Waals surface area contributed by atoms with Crippen molar-refractivity contribution in [1.82, 2.24) is 4.98 Å². The van der Waals surface area contributed by atoms with Crippen LogP contribution in [0.4, 0.5) is 13.2 Å². The number of hydrogen-bond donors (Lipinski definition) is 1. The van der Waals surface area contributed by atoms with E-state index in [-0.39, 0.29) is 11.3 Å². The molecule has 3 aromatic rings. The van der Waals surface area contributed by atoms with Crippen molar-refractivity contribution in [3.63, 3.8) is 0 Å². The number of aromatic nitrogens is 1. The lowest BCUT2D eigenvalue weighted by Gasteiger charge is -2.16. The molecule has 1 heterocycles. The Morgan fingerprint density at radius 1 is 1.00 bits per heavy atom. The molecule has 4 nitrogen and oxygen atoms in total. The van der Waals surface area contributed by atoms with Gasteiger partial charge in [-0.3, -0.25) is 0 Å². The van der Waals surface area contributed by atoms with Gasteiger partial charge in [0.05, 0.1) is 11.3 Å². The standard InChI is InChI=1S/C26H22F3NO3/c1-14-6-9-24(33-13-20-21(28)11-16(27)12-22(20)29)19(10-14)17-4-3-5-18(17)23-8-7-15(2)25(30-23)26(31)32/h6-12H,3-5,13H2,1-2H3,(H,31,32). The summed E-state index contributed by atoms with van der Waals surface area (Å²) >= 11 is 0. The average molecular weight is 453 g/mol. The zero-order chi connectivity index (χ0) is 23.7. The van der Waals surface area contributed by atoms with Crippen LogP contribution in [-0.2, 0) is 6.61 Å². The highest BCUT2D eigenvalue weighted by Gasteiger charge is 2.23. The fraction of sp³-hybridized carbons (Fsp3) is 0.231. The first-order chi connectivity index (χ1) is 15.7. The minimum Gasteiger partial charge on any atom is -0.488 e. The van der Waals surface area contributed by atoms with E-state index < -0.39 is 30.0 Å². The molecule has 7 heteroatoms. The lowest BCUT2D eigenvalue weighted by Crippen LogP contribution is -2.06. The number of carboxylic acid groups (broad SMARTS) is 1. The predicted octanol–water partition coefficient (Wildman–Crippen LogP) is 6.49. The Hall–Kier alpha value is -3.61. The quantitative estimate of drug-likeness (QED) is 0.464. The lowest BCUT2D eigenvalue weighted by molar-refractivity contribution is 0.0689. The molecule has 0 saturated heterocycles. The zero-order valence-corrected chi connectivity index (χ0v) is 18.2. The summed E-state index contributed by atoms with van der Waals surface area (Å²) in [5.74, 6) is -3.66. The topological polar surface area (TPSA) is 59.4 Å². The molecule has 0 atom stereocenters. The molecule has 0 amide bonds. The number of carboxylic acids is 1. The Balaban J connectivity index is 1.74. The molecule has 170 valence electrons. The van der Waals surface area contributed by atoms with E-state index in [1.54, 1.807) is 19.1 Å². The van der Waals surface area contributed by atoms with E-state index in [1.807, 2.05) is 25.1 Å². The third-order valence-corrected chi connectivity index (χ3v) is 5.76. The summed E-state index contributed by atoms with van der Waals surface area (Å²) in [6, 6.07) is 10.3. The number of carbonyl (C=O) groups is 1. The van der Waals surface area contributed by atoms with Crippen LogP contribution in [0.15, 0.2) is 42.5 Å². The van der Waals surface area contributed by atoms with Crippen LogP contribution in [0.3, 0.4) is 0 Å². The number of hydrogen-bond acceptors (Lipinski definition) is 3. The van der Waals surface area contributed by atoms with E-state index in [9.17, 15) is 23.1 Å². The summed E-state index contributed by atoms with van der Waals surface area (Å²) in [5.41, 5.74) is 4.45. The minimum absolute atomic E-state index is 0.00854. The van der Waals surface area contributed by atoms with Crippen LogP contribution in [0.1, 0.15) is 57.7 Å². The van der Waals surface area contributed by atoms with Gasteiger partial charge in [0.25, 0.3) is 0 Å². The predicted molar refractivity (Wildman–Crippen MR) is 118 cm³/mol. The Bertz CT molecular complexity index is 1260. The summed E-state index contributed by atoms with van der Waals surface area (Å²) in [6.07, 6.45) is 2.31. The number of halogens is 3. The third kappa shape index (κ3) is 4.62. The summed E-state index contributed by atoms with van der Waals surface area (Å²) in [5, 5.41) is 9.45. The second-order valence-corrected chi connectivity index (χ2v) is 8.11. The first-order valence-electron chi connectivity index (χ1n) is 10.5. The molecule has 0 fully saturated rings. The van der Waals surface area contributed by atoms with Gasteiger partial charge in [0.1, 0.15) is 29.8 Å². The van der Waals surface area contributed by atoms with Crippen molar-refractivity contribution >= 4 is 17.1 Å². The van der Waals surface area contributed by atoms with Gasteiger partial charge in [0.2, 0.25) is 0 Å². The van der Waals surface area contributed by atoms with Gasteiger partial charge in [0.15, 0.2) is 5.69 Å². The number of ether oxygens (including phenoxy) is 1. The smallest absolute Gasteiger partial charge is 0.354 e. The molecule has 1 aliphatic carbocycles. The van der Waals surface area contributed by atoms with Crippen LogP contribution in [-0.4, -0.2) is 16.1 Å². The van der Waals surface area contributed by atoms with Gasteiger partial charge in [-0.2, -0.15) is 0 Å². The Morgan fingerprint density at radius 3 is 2.39 bits per heavy atom. The first kappa shape index (κ1) is 22.6. The summed E-state index contributed by atoms with van der Waals surface area (Å²) in [7, 11) is 0. The molecule has 1 N–H and O–H groups in total. The highest BCUT2D eigenvalue weighted by Crippen LogP contribution is 2.43. The molecule has 0 aliphatic heterocycles. The minimum atomic E-state index is -1.09. The highest BCUT2D eigenvalue weighted by molar-refractivity contribution is 5.95. The van der Waals surface area contributed by atoms with Crippen LogP contribution in [0, 0.1) is 31.3 Å². The van der Waals surface area contributed by atoms with Gasteiger partial charge in [-0.25, -0.2) is 22.9 Å². The fourth-order valence-electron chi connectivity index (χ4n) is 4.10. The maximum absolute atomic E-state index is 14.1. The van der Waals surface area contributed by atoms with E-state index in [0.717, 1.165) is 41.5 Å². The van der Waals surface area contributed by atoms with Crippen molar-refractivity contribution in [2.24, 2.45) is 0 Å². The van der Waals surface area contributed by atoms with E-state index in [1.165, 1.54) is 0 Å². The summed E-state index contributed by atoms with van der Waals surface area (Å²) in [6.45, 7) is 3.22. The maximum atomic E-state index is 14.1. The molecule has 33 heavy (non-hydrogen) atoms. The van der Waals surface area contributed by atoms with Crippen molar-refractivity contribution < 1.29 is 27.8 Å². The number of aromatic carboxylic acids is 1. The van der Waals surface area contributed by atoms with E-state index in [0.29, 0.717) is 29.1 Å². The average Bonchev–Trinajstić information content (AvgIpc) is 3.23. The molecule has 1 aliphatic rings. The normalized spacial score (nSPS) is 13.5. The SMILES string of the molecule is Cc1ccc(OCc2c(F)cc(F)cc2F)c(C2=C(c3ccc(C)c(C(=O)O)n3)CCC2)c1. The molecule has 0 unspecified atom stereocenters. The van der Waals surface area contributed by atoms with Gasteiger partial charge < -0.3 is 9.84 Å². The maximum Gasteiger partial charge on any atom is 0.354 e. The van der Waals surface area contributed by atoms with Crippen LogP contribution >= 0.6 is 0 Å². The zero-order valence-electron chi connectivity index (χ0n) is 18.2. The Kier molecular flexibility index (Phi) is 6.22. The summed E-state index contributed by atoms with van der Waals surface area (Å²) in [4.78, 5) is 15.9. The monoisotopic (exact) mass is 453 g/mol. The molecule has 0 spiro atoms. The van der Waals surface area contributed by atoms with Gasteiger partial charge in [-0.05, 0) is 68.0 Å². The number of aryl methyl sites for hydroxylation is 2.